The summed E-state index contributed by atoms with van der Waals surface area (Å²) in [6, 6.07) is 25.1. The van der Waals surface area contributed by atoms with Crippen molar-refractivity contribution >= 4 is 57.0 Å². The summed E-state index contributed by atoms with van der Waals surface area (Å²) in [6.45, 7) is 0.296. The van der Waals surface area contributed by atoms with Gasteiger partial charge in [-0.2, -0.15) is 0 Å². The lowest BCUT2D eigenvalue weighted by atomic mass is 10.0. The molecule has 0 aliphatic carbocycles. The van der Waals surface area contributed by atoms with Crippen LogP contribution in [0.25, 0.3) is 16.8 Å². The fourth-order valence-corrected chi connectivity index (χ4v) is 4.58. The molecule has 0 spiro atoms. The van der Waals surface area contributed by atoms with E-state index >= 15 is 0 Å². The number of hydrogen-bond acceptors (Lipinski definition) is 4. The highest BCUT2D eigenvalue weighted by Gasteiger charge is 2.25. The summed E-state index contributed by atoms with van der Waals surface area (Å²) in [5.74, 6) is 0.0483. The minimum Gasteiger partial charge on any atom is -0.488 e. The molecule has 0 aromatic heterocycles. The van der Waals surface area contributed by atoms with Gasteiger partial charge in [0, 0.05) is 16.1 Å². The van der Waals surface area contributed by atoms with E-state index in [0.717, 1.165) is 21.9 Å². The maximum Gasteiger partial charge on any atom is 0.264 e. The molecule has 1 aliphatic rings. The van der Waals surface area contributed by atoms with Gasteiger partial charge in [0.1, 0.15) is 18.2 Å². The quantitative estimate of drug-likeness (QED) is 0.305. The molecule has 1 fully saturated rings. The molecule has 4 aromatic rings. The summed E-state index contributed by atoms with van der Waals surface area (Å²) in [4.78, 5) is 17.6. The molecular weight excluding hydrogens is 471 g/mol. The normalized spacial score (nSPS) is 15.8. The third kappa shape index (κ3) is 4.83. The number of aliphatic imine (C=N–C) groups is 1. The van der Waals surface area contributed by atoms with Crippen LogP contribution in [0.3, 0.4) is 0 Å². The highest BCUT2D eigenvalue weighted by molar-refractivity contribution is 8.18. The predicted octanol–water partition coefficient (Wildman–Crippen LogP) is 7.10. The zero-order valence-corrected chi connectivity index (χ0v) is 19.4. The van der Waals surface area contributed by atoms with Gasteiger partial charge in [0.25, 0.3) is 5.91 Å². The number of amidine groups is 1. The van der Waals surface area contributed by atoms with Crippen molar-refractivity contribution < 1.29 is 13.9 Å². The van der Waals surface area contributed by atoms with E-state index in [1.54, 1.807) is 12.1 Å². The zero-order valence-electron chi connectivity index (χ0n) is 17.8. The number of carbonyl (C=O) groups excluding carboxylic acids is 1. The van der Waals surface area contributed by atoms with Crippen LogP contribution >= 0.6 is 23.4 Å². The van der Waals surface area contributed by atoms with Crippen molar-refractivity contribution in [3.63, 3.8) is 0 Å². The lowest BCUT2D eigenvalue weighted by Gasteiger charge is -2.13. The maximum absolute atomic E-state index is 13.2. The molecule has 0 atom stereocenters. The molecule has 4 aromatic carbocycles. The van der Waals surface area contributed by atoms with Gasteiger partial charge in [-0.15, -0.1) is 0 Å². The van der Waals surface area contributed by atoms with Crippen molar-refractivity contribution in [3.8, 4) is 5.75 Å². The molecule has 4 nitrogen and oxygen atoms in total. The monoisotopic (exact) mass is 488 g/mol. The Balaban J connectivity index is 1.49. The summed E-state index contributed by atoms with van der Waals surface area (Å²) in [5.41, 5.74) is 2.22. The van der Waals surface area contributed by atoms with E-state index in [-0.39, 0.29) is 11.7 Å². The smallest absolute Gasteiger partial charge is 0.264 e. The summed E-state index contributed by atoms with van der Waals surface area (Å²) in [7, 11) is 0. The molecule has 168 valence electrons. The average Bonchev–Trinajstić information content (AvgIpc) is 3.19. The first kappa shape index (κ1) is 22.2. The predicted molar refractivity (Wildman–Crippen MR) is 137 cm³/mol. The molecule has 1 amide bonds. The van der Waals surface area contributed by atoms with Crippen LogP contribution in [0.15, 0.2) is 94.8 Å². The maximum atomic E-state index is 13.2. The van der Waals surface area contributed by atoms with Gasteiger partial charge < -0.3 is 10.1 Å². The number of fused-ring (bicyclic) bond motifs is 1. The van der Waals surface area contributed by atoms with Gasteiger partial charge in [0.2, 0.25) is 0 Å². The number of nitrogens with one attached hydrogen (secondary N) is 1. The van der Waals surface area contributed by atoms with Crippen LogP contribution in [0.2, 0.25) is 5.02 Å². The lowest BCUT2D eigenvalue weighted by molar-refractivity contribution is -0.115. The average molecular weight is 489 g/mol. The summed E-state index contributed by atoms with van der Waals surface area (Å²) in [6.07, 6.45) is 1.82. The van der Waals surface area contributed by atoms with E-state index in [0.29, 0.717) is 33.1 Å². The number of thioether (sulfide) groups is 1. The molecule has 1 aliphatic heterocycles. The topological polar surface area (TPSA) is 50.7 Å². The van der Waals surface area contributed by atoms with Gasteiger partial charge >= 0.3 is 0 Å². The Morgan fingerprint density at radius 2 is 1.74 bits per heavy atom. The van der Waals surface area contributed by atoms with Crippen LogP contribution < -0.4 is 10.1 Å². The van der Waals surface area contributed by atoms with Crippen molar-refractivity contribution in [2.45, 2.75) is 6.61 Å². The number of carbonyl (C=O) groups is 1. The number of nitrogens with zero attached hydrogens (tertiary/aromatic N) is 1. The van der Waals surface area contributed by atoms with E-state index in [9.17, 15) is 9.18 Å². The molecule has 0 radical (unpaired) electrons. The summed E-state index contributed by atoms with van der Waals surface area (Å²) in [5, 5.41) is 5.83. The SMILES string of the molecule is O=C1NC(=Nc2ccc(F)cc2)S/C1=C/c1c(OCc2ccccc2Cl)ccc2ccccc12. The van der Waals surface area contributed by atoms with Gasteiger partial charge in [0.15, 0.2) is 5.17 Å². The fourth-order valence-electron chi connectivity index (χ4n) is 3.57. The van der Waals surface area contributed by atoms with Gasteiger partial charge in [-0.05, 0) is 65.0 Å². The van der Waals surface area contributed by atoms with Gasteiger partial charge in [-0.1, -0.05) is 60.1 Å². The number of benzene rings is 4. The first-order chi connectivity index (χ1) is 16.6. The van der Waals surface area contributed by atoms with Crippen molar-refractivity contribution in [2.75, 3.05) is 0 Å². The Morgan fingerprint density at radius 1 is 0.971 bits per heavy atom. The van der Waals surface area contributed by atoms with Crippen LogP contribution in [0, 0.1) is 5.82 Å². The molecule has 0 saturated carbocycles. The lowest BCUT2D eigenvalue weighted by Crippen LogP contribution is -2.19. The molecule has 34 heavy (non-hydrogen) atoms. The first-order valence-corrected chi connectivity index (χ1v) is 11.7. The van der Waals surface area contributed by atoms with Crippen molar-refractivity contribution in [1.29, 1.82) is 0 Å². The van der Waals surface area contributed by atoms with Crippen LogP contribution in [-0.2, 0) is 11.4 Å². The molecular formula is C27H18ClFN2O2S. The number of hydrogen-bond donors (Lipinski definition) is 1. The molecule has 7 heteroatoms. The van der Waals surface area contributed by atoms with E-state index in [1.807, 2.05) is 66.7 Å². The first-order valence-electron chi connectivity index (χ1n) is 10.5. The third-order valence-corrected chi connectivity index (χ3v) is 6.53. The van der Waals surface area contributed by atoms with E-state index in [1.165, 1.54) is 23.9 Å². The fraction of sp³-hybridized carbons (Fsp3) is 0.0370. The highest BCUT2D eigenvalue weighted by Crippen LogP contribution is 2.35. The van der Waals surface area contributed by atoms with E-state index < -0.39 is 0 Å². The largest absolute Gasteiger partial charge is 0.488 e. The van der Waals surface area contributed by atoms with Gasteiger partial charge in [-0.3, -0.25) is 4.79 Å². The Morgan fingerprint density at radius 3 is 2.56 bits per heavy atom. The Bertz CT molecular complexity index is 1450. The zero-order chi connectivity index (χ0) is 23.5. The second-order valence-electron chi connectivity index (χ2n) is 7.54. The Hall–Kier alpha value is -3.61. The number of amides is 1. The second kappa shape index (κ2) is 9.71. The van der Waals surface area contributed by atoms with Crippen molar-refractivity contribution in [3.05, 3.63) is 112 Å². The number of halogens is 2. The van der Waals surface area contributed by atoms with Gasteiger partial charge in [-0.25, -0.2) is 9.38 Å². The standard InChI is InChI=1S/C27H18ClFN2O2S/c28-23-8-4-2-6-18(23)16-33-24-14-9-17-5-1-3-7-21(17)22(24)15-25-26(32)31-27(34-25)30-20-12-10-19(29)11-13-20/h1-15H,16H2,(H,30,31,32)/b25-15+. The van der Waals surface area contributed by atoms with Crippen LogP contribution in [0.4, 0.5) is 10.1 Å². The van der Waals surface area contributed by atoms with Crippen LogP contribution in [-0.4, -0.2) is 11.1 Å². The van der Waals surface area contributed by atoms with Gasteiger partial charge in [0.05, 0.1) is 10.6 Å². The Labute approximate surface area is 205 Å². The van der Waals surface area contributed by atoms with Crippen LogP contribution in [0.5, 0.6) is 5.75 Å². The Kier molecular flexibility index (Phi) is 6.34. The molecule has 1 heterocycles. The molecule has 0 unspecified atom stereocenters. The minimum absolute atomic E-state index is 0.254. The van der Waals surface area contributed by atoms with E-state index in [2.05, 4.69) is 10.3 Å². The molecule has 1 N–H and O–H groups in total. The number of rotatable bonds is 5. The summed E-state index contributed by atoms with van der Waals surface area (Å²) >= 11 is 7.52. The highest BCUT2D eigenvalue weighted by atomic mass is 35.5. The van der Waals surface area contributed by atoms with E-state index in [4.69, 9.17) is 16.3 Å². The van der Waals surface area contributed by atoms with Crippen LogP contribution in [0.1, 0.15) is 11.1 Å². The third-order valence-electron chi connectivity index (χ3n) is 5.26. The minimum atomic E-state index is -0.340. The molecule has 5 rings (SSSR count). The summed E-state index contributed by atoms with van der Waals surface area (Å²) < 4.78 is 19.3. The molecule has 0 bridgehead atoms. The number of ether oxygens (including phenoxy) is 1. The van der Waals surface area contributed by atoms with Crippen molar-refractivity contribution in [2.24, 2.45) is 4.99 Å². The molecule has 1 saturated heterocycles. The van der Waals surface area contributed by atoms with Crippen molar-refractivity contribution in [1.82, 2.24) is 5.32 Å². The second-order valence-corrected chi connectivity index (χ2v) is 8.97.